The molecule has 0 bridgehead atoms. The maximum absolute atomic E-state index is 12.6. The van der Waals surface area contributed by atoms with Crippen LogP contribution >= 0.6 is 0 Å². The summed E-state index contributed by atoms with van der Waals surface area (Å²) in [5.41, 5.74) is 1.25. The number of nitrogens with zero attached hydrogens (tertiary/aromatic N) is 1. The van der Waals surface area contributed by atoms with Crippen molar-refractivity contribution in [2.75, 3.05) is 6.54 Å². The van der Waals surface area contributed by atoms with Crippen LogP contribution in [0.4, 0.5) is 0 Å². The Hall–Kier alpha value is -1.84. The topological polar surface area (TPSA) is 57.6 Å². The zero-order valence-corrected chi connectivity index (χ0v) is 12.8. The van der Waals surface area contributed by atoms with E-state index in [1.807, 2.05) is 39.8 Å². The highest BCUT2D eigenvalue weighted by Crippen LogP contribution is 2.19. The van der Waals surface area contributed by atoms with E-state index in [-0.39, 0.29) is 12.5 Å². The van der Waals surface area contributed by atoms with Crippen LogP contribution in [0.2, 0.25) is 0 Å². The van der Waals surface area contributed by atoms with Crippen LogP contribution in [0.5, 0.6) is 0 Å². The fourth-order valence-electron chi connectivity index (χ4n) is 1.87. The van der Waals surface area contributed by atoms with E-state index >= 15 is 0 Å². The van der Waals surface area contributed by atoms with Crippen LogP contribution in [-0.2, 0) is 4.79 Å². The van der Waals surface area contributed by atoms with E-state index < -0.39 is 17.4 Å². The number of aryl methyl sites for hydroxylation is 1. The summed E-state index contributed by atoms with van der Waals surface area (Å²) in [5, 5.41) is 9.05. The Morgan fingerprint density at radius 1 is 1.20 bits per heavy atom. The molecule has 20 heavy (non-hydrogen) atoms. The highest BCUT2D eigenvalue weighted by molar-refractivity contribution is 5.95. The van der Waals surface area contributed by atoms with Crippen molar-refractivity contribution in [3.05, 3.63) is 35.4 Å². The standard InChI is InChI=1S/C16H23NO3/c1-11-6-8-13(9-7-11)14(18)17(16(3,4)5)10-12(2)15(19)20/h6-9,12H,10H2,1-5H3,(H,19,20). The Balaban J connectivity index is 3.02. The number of amides is 1. The monoisotopic (exact) mass is 277 g/mol. The molecule has 0 fully saturated rings. The van der Waals surface area contributed by atoms with Gasteiger partial charge in [-0.3, -0.25) is 9.59 Å². The van der Waals surface area contributed by atoms with Crippen molar-refractivity contribution < 1.29 is 14.7 Å². The van der Waals surface area contributed by atoms with E-state index in [0.717, 1.165) is 5.56 Å². The quantitative estimate of drug-likeness (QED) is 0.920. The minimum absolute atomic E-state index is 0.134. The first-order chi connectivity index (χ1) is 9.12. The van der Waals surface area contributed by atoms with Crippen molar-refractivity contribution in [2.24, 2.45) is 5.92 Å². The summed E-state index contributed by atoms with van der Waals surface area (Å²) < 4.78 is 0. The van der Waals surface area contributed by atoms with Crippen molar-refractivity contribution in [1.29, 1.82) is 0 Å². The number of benzene rings is 1. The van der Waals surface area contributed by atoms with Gasteiger partial charge in [0.1, 0.15) is 0 Å². The molecule has 1 rings (SSSR count). The highest BCUT2D eigenvalue weighted by Gasteiger charge is 2.30. The first kappa shape index (κ1) is 16.2. The molecular weight excluding hydrogens is 254 g/mol. The number of carboxylic acids is 1. The lowest BCUT2D eigenvalue weighted by Gasteiger charge is -2.37. The number of hydrogen-bond acceptors (Lipinski definition) is 2. The second-order valence-corrected chi connectivity index (χ2v) is 6.19. The first-order valence-corrected chi connectivity index (χ1v) is 6.74. The number of carbonyl (C=O) groups excluding carboxylic acids is 1. The summed E-state index contributed by atoms with van der Waals surface area (Å²) in [6.07, 6.45) is 0. The van der Waals surface area contributed by atoms with Crippen molar-refractivity contribution in [3.63, 3.8) is 0 Å². The smallest absolute Gasteiger partial charge is 0.308 e. The lowest BCUT2D eigenvalue weighted by molar-refractivity contribution is -0.141. The van der Waals surface area contributed by atoms with Gasteiger partial charge in [-0.2, -0.15) is 0 Å². The summed E-state index contributed by atoms with van der Waals surface area (Å²) in [6.45, 7) is 9.51. The number of rotatable bonds is 4. The van der Waals surface area contributed by atoms with Crippen molar-refractivity contribution in [3.8, 4) is 0 Å². The molecule has 0 aliphatic rings. The number of aliphatic carboxylic acids is 1. The van der Waals surface area contributed by atoms with Gasteiger partial charge in [-0.05, 0) is 39.8 Å². The Kier molecular flexibility index (Phi) is 4.93. The van der Waals surface area contributed by atoms with E-state index in [1.165, 1.54) is 0 Å². The maximum atomic E-state index is 12.6. The van der Waals surface area contributed by atoms with Crippen molar-refractivity contribution in [2.45, 2.75) is 40.2 Å². The largest absolute Gasteiger partial charge is 0.481 e. The molecule has 1 aromatic rings. The predicted octanol–water partition coefficient (Wildman–Crippen LogP) is 2.96. The third-order valence-electron chi connectivity index (χ3n) is 3.23. The van der Waals surface area contributed by atoms with Crippen LogP contribution in [0.25, 0.3) is 0 Å². The van der Waals surface area contributed by atoms with E-state index in [0.29, 0.717) is 5.56 Å². The van der Waals surface area contributed by atoms with Gasteiger partial charge in [-0.1, -0.05) is 24.6 Å². The third kappa shape index (κ3) is 4.08. The molecule has 0 radical (unpaired) electrons. The molecule has 0 heterocycles. The molecule has 0 aliphatic heterocycles. The molecule has 4 nitrogen and oxygen atoms in total. The molecule has 1 amide bonds. The van der Waals surface area contributed by atoms with E-state index in [4.69, 9.17) is 5.11 Å². The third-order valence-corrected chi connectivity index (χ3v) is 3.23. The van der Waals surface area contributed by atoms with Gasteiger partial charge < -0.3 is 10.0 Å². The average molecular weight is 277 g/mol. The second kappa shape index (κ2) is 6.07. The van der Waals surface area contributed by atoms with Crippen LogP contribution in [0.3, 0.4) is 0 Å². The minimum atomic E-state index is -0.893. The Morgan fingerprint density at radius 2 is 1.70 bits per heavy atom. The molecule has 0 aliphatic carbocycles. The van der Waals surface area contributed by atoms with E-state index in [9.17, 15) is 9.59 Å². The summed E-state index contributed by atoms with van der Waals surface area (Å²) >= 11 is 0. The van der Waals surface area contributed by atoms with Gasteiger partial charge in [0.2, 0.25) is 0 Å². The lowest BCUT2D eigenvalue weighted by atomic mass is 10.0. The van der Waals surface area contributed by atoms with Crippen LogP contribution in [0.1, 0.15) is 43.6 Å². The molecular formula is C16H23NO3. The SMILES string of the molecule is Cc1ccc(C(=O)N(CC(C)C(=O)O)C(C)(C)C)cc1. The Bertz CT molecular complexity index is 485. The molecule has 1 unspecified atom stereocenters. The summed E-state index contributed by atoms with van der Waals surface area (Å²) in [6, 6.07) is 7.33. The molecule has 1 aromatic carbocycles. The lowest BCUT2D eigenvalue weighted by Crippen LogP contribution is -2.48. The Labute approximate surface area is 120 Å². The molecule has 1 N–H and O–H groups in total. The van der Waals surface area contributed by atoms with Crippen LogP contribution in [0, 0.1) is 12.8 Å². The molecule has 0 aromatic heterocycles. The number of carboxylic acid groups (broad SMARTS) is 1. The molecule has 0 spiro atoms. The van der Waals surface area contributed by atoms with Crippen LogP contribution < -0.4 is 0 Å². The normalized spacial score (nSPS) is 12.8. The molecule has 0 saturated carbocycles. The molecule has 110 valence electrons. The van der Waals surface area contributed by atoms with Crippen LogP contribution in [0.15, 0.2) is 24.3 Å². The summed E-state index contributed by atoms with van der Waals surface area (Å²) in [4.78, 5) is 25.2. The summed E-state index contributed by atoms with van der Waals surface area (Å²) in [5.74, 6) is -1.62. The number of hydrogen-bond donors (Lipinski definition) is 1. The molecule has 1 atom stereocenters. The fourth-order valence-corrected chi connectivity index (χ4v) is 1.87. The van der Waals surface area contributed by atoms with Crippen molar-refractivity contribution >= 4 is 11.9 Å². The van der Waals surface area contributed by atoms with Gasteiger partial charge in [-0.15, -0.1) is 0 Å². The first-order valence-electron chi connectivity index (χ1n) is 6.74. The number of carbonyl (C=O) groups is 2. The average Bonchev–Trinajstić information content (AvgIpc) is 2.34. The molecule has 4 heteroatoms. The summed E-state index contributed by atoms with van der Waals surface area (Å²) in [7, 11) is 0. The maximum Gasteiger partial charge on any atom is 0.308 e. The Morgan fingerprint density at radius 3 is 2.10 bits per heavy atom. The van der Waals surface area contributed by atoms with Gasteiger partial charge >= 0.3 is 5.97 Å². The second-order valence-electron chi connectivity index (χ2n) is 6.19. The van der Waals surface area contributed by atoms with E-state index in [1.54, 1.807) is 24.0 Å². The molecule has 0 saturated heterocycles. The van der Waals surface area contributed by atoms with Gasteiger partial charge in [0, 0.05) is 17.6 Å². The minimum Gasteiger partial charge on any atom is -0.481 e. The van der Waals surface area contributed by atoms with Crippen molar-refractivity contribution in [1.82, 2.24) is 4.90 Å². The fraction of sp³-hybridized carbons (Fsp3) is 0.500. The zero-order valence-electron chi connectivity index (χ0n) is 12.8. The van der Waals surface area contributed by atoms with E-state index in [2.05, 4.69) is 0 Å². The van der Waals surface area contributed by atoms with Gasteiger partial charge in [0.05, 0.1) is 5.92 Å². The zero-order chi connectivity index (χ0) is 15.5. The van der Waals surface area contributed by atoms with Gasteiger partial charge in [0.15, 0.2) is 0 Å². The van der Waals surface area contributed by atoms with Crippen LogP contribution in [-0.4, -0.2) is 34.0 Å². The highest BCUT2D eigenvalue weighted by atomic mass is 16.4. The van der Waals surface area contributed by atoms with Gasteiger partial charge in [0.25, 0.3) is 5.91 Å². The van der Waals surface area contributed by atoms with Gasteiger partial charge in [-0.25, -0.2) is 0 Å². The predicted molar refractivity (Wildman–Crippen MR) is 78.8 cm³/mol.